The number of rotatable bonds is 3. The second kappa shape index (κ2) is 6.32. The van der Waals surface area contributed by atoms with Crippen molar-refractivity contribution in [3.8, 4) is 0 Å². The van der Waals surface area contributed by atoms with Crippen molar-refractivity contribution in [3.05, 3.63) is 34.3 Å². The lowest BCUT2D eigenvalue weighted by atomic mass is 10.0. The fraction of sp³-hybridized carbons (Fsp3) is 0.562. The molecule has 3 rings (SSSR count). The lowest BCUT2D eigenvalue weighted by molar-refractivity contribution is 0.0658. The molecule has 1 heterocycles. The first kappa shape index (κ1) is 16.0. The first-order valence-electron chi connectivity index (χ1n) is 7.76. The molecule has 1 saturated heterocycles. The third kappa shape index (κ3) is 3.08. The van der Waals surface area contributed by atoms with E-state index in [1.54, 1.807) is 17.0 Å². The van der Waals surface area contributed by atoms with Gasteiger partial charge in [0, 0.05) is 23.1 Å². The van der Waals surface area contributed by atoms with E-state index in [0.29, 0.717) is 18.7 Å². The maximum atomic E-state index is 12.6. The molecule has 0 radical (unpaired) electrons. The Morgan fingerprint density at radius 3 is 2.18 bits per heavy atom. The minimum absolute atomic E-state index is 0.0809. The van der Waals surface area contributed by atoms with Crippen molar-refractivity contribution in [2.45, 2.75) is 42.6 Å². The highest BCUT2D eigenvalue weighted by atomic mass is 79.9. The number of hydrogen-bond donors (Lipinski definition) is 0. The first-order valence-corrected chi connectivity index (χ1v) is 10.2. The maximum absolute atomic E-state index is 12.6. The van der Waals surface area contributed by atoms with Crippen molar-refractivity contribution in [2.75, 3.05) is 13.1 Å². The van der Waals surface area contributed by atoms with Crippen LogP contribution in [0, 0.1) is 0 Å². The normalized spacial score (nSPS) is 20.7. The van der Waals surface area contributed by atoms with Crippen LogP contribution in [0.5, 0.6) is 0 Å². The molecule has 22 heavy (non-hydrogen) atoms. The van der Waals surface area contributed by atoms with Crippen LogP contribution >= 0.6 is 15.9 Å². The molecule has 2 aliphatic rings. The molecule has 1 aliphatic carbocycles. The van der Waals surface area contributed by atoms with Crippen molar-refractivity contribution in [3.63, 3.8) is 0 Å². The van der Waals surface area contributed by atoms with Gasteiger partial charge >= 0.3 is 0 Å². The molecule has 0 unspecified atom stereocenters. The van der Waals surface area contributed by atoms with Gasteiger partial charge < -0.3 is 4.90 Å². The molecule has 0 spiro atoms. The van der Waals surface area contributed by atoms with Crippen LogP contribution in [0.1, 0.15) is 42.5 Å². The van der Waals surface area contributed by atoms with Crippen LogP contribution in [0.2, 0.25) is 0 Å². The number of carbonyl (C=O) groups excluding carboxylic acids is 1. The number of halogens is 1. The Balaban J connectivity index is 1.61. The van der Waals surface area contributed by atoms with Crippen LogP contribution in [0.4, 0.5) is 0 Å². The summed E-state index contributed by atoms with van der Waals surface area (Å²) in [5, 5.41) is -0.550. The zero-order valence-electron chi connectivity index (χ0n) is 12.4. The minimum atomic E-state index is -3.08. The van der Waals surface area contributed by atoms with E-state index in [0.717, 1.165) is 36.6 Å². The molecule has 2 fully saturated rings. The van der Waals surface area contributed by atoms with Gasteiger partial charge in [0.15, 0.2) is 9.84 Å². The maximum Gasteiger partial charge on any atom is 0.253 e. The number of sulfone groups is 1. The Hall–Kier alpha value is -0.880. The molecule has 0 bridgehead atoms. The van der Waals surface area contributed by atoms with Gasteiger partial charge in [0.2, 0.25) is 0 Å². The van der Waals surface area contributed by atoms with Crippen LogP contribution in [0.3, 0.4) is 0 Å². The third-order valence-corrected chi connectivity index (χ3v) is 7.86. The fourth-order valence-electron chi connectivity index (χ4n) is 3.25. The van der Waals surface area contributed by atoms with Crippen molar-refractivity contribution in [1.82, 2.24) is 4.90 Å². The lowest BCUT2D eigenvalue weighted by Crippen LogP contribution is -2.58. The molecule has 1 aliphatic heterocycles. The van der Waals surface area contributed by atoms with Crippen molar-refractivity contribution in [1.29, 1.82) is 0 Å². The van der Waals surface area contributed by atoms with Gasteiger partial charge in [0.25, 0.3) is 5.91 Å². The summed E-state index contributed by atoms with van der Waals surface area (Å²) in [6, 6.07) is 7.16. The van der Waals surface area contributed by atoms with Crippen LogP contribution in [-0.4, -0.2) is 42.8 Å². The Morgan fingerprint density at radius 2 is 1.59 bits per heavy atom. The molecule has 0 atom stereocenters. The zero-order valence-corrected chi connectivity index (χ0v) is 14.8. The SMILES string of the molecule is O=C(c1ccc(Br)cc1)N1CC(S(=O)(=O)C2CCCCC2)C1. The van der Waals surface area contributed by atoms with E-state index >= 15 is 0 Å². The van der Waals surface area contributed by atoms with E-state index in [1.807, 2.05) is 12.1 Å². The minimum Gasteiger partial charge on any atom is -0.336 e. The average molecular weight is 386 g/mol. The van der Waals surface area contributed by atoms with E-state index in [-0.39, 0.29) is 16.4 Å². The molecular formula is C16H20BrNO3S. The van der Waals surface area contributed by atoms with Gasteiger partial charge in [-0.1, -0.05) is 35.2 Å². The third-order valence-electron chi connectivity index (χ3n) is 4.71. The molecule has 6 heteroatoms. The first-order chi connectivity index (χ1) is 10.5. The largest absolute Gasteiger partial charge is 0.336 e. The second-order valence-corrected chi connectivity index (χ2v) is 9.62. The standard InChI is InChI=1S/C16H20BrNO3S/c17-13-8-6-12(7-9-13)16(19)18-10-15(11-18)22(20,21)14-4-2-1-3-5-14/h6-9,14-15H,1-5,10-11H2. The summed E-state index contributed by atoms with van der Waals surface area (Å²) in [7, 11) is -3.08. The van der Waals surface area contributed by atoms with Crippen LogP contribution < -0.4 is 0 Å². The number of likely N-dealkylation sites (tertiary alicyclic amines) is 1. The van der Waals surface area contributed by atoms with Gasteiger partial charge in [-0.15, -0.1) is 0 Å². The van der Waals surface area contributed by atoms with Gasteiger partial charge in [0.1, 0.15) is 0 Å². The van der Waals surface area contributed by atoms with Gasteiger partial charge in [0.05, 0.1) is 10.5 Å². The highest BCUT2D eigenvalue weighted by molar-refractivity contribution is 9.10. The van der Waals surface area contributed by atoms with Crippen LogP contribution in [0.25, 0.3) is 0 Å². The van der Waals surface area contributed by atoms with E-state index in [1.165, 1.54) is 0 Å². The Morgan fingerprint density at radius 1 is 1.00 bits per heavy atom. The molecule has 4 nitrogen and oxygen atoms in total. The van der Waals surface area contributed by atoms with E-state index in [4.69, 9.17) is 0 Å². The molecule has 1 aromatic carbocycles. The summed E-state index contributed by atoms with van der Waals surface area (Å²) in [4.78, 5) is 13.9. The summed E-state index contributed by atoms with van der Waals surface area (Å²) in [6.07, 6.45) is 4.75. The lowest BCUT2D eigenvalue weighted by Gasteiger charge is -2.40. The smallest absolute Gasteiger partial charge is 0.253 e. The Kier molecular flexibility index (Phi) is 4.59. The quantitative estimate of drug-likeness (QED) is 0.803. The number of amides is 1. The molecule has 0 aromatic heterocycles. The molecule has 0 N–H and O–H groups in total. The molecule has 1 saturated carbocycles. The van der Waals surface area contributed by atoms with Crippen molar-refractivity contribution in [2.24, 2.45) is 0 Å². The number of hydrogen-bond acceptors (Lipinski definition) is 3. The zero-order chi connectivity index (χ0) is 15.7. The van der Waals surface area contributed by atoms with Crippen molar-refractivity contribution < 1.29 is 13.2 Å². The van der Waals surface area contributed by atoms with Crippen LogP contribution in [0.15, 0.2) is 28.7 Å². The monoisotopic (exact) mass is 385 g/mol. The molecule has 1 amide bonds. The summed E-state index contributed by atoms with van der Waals surface area (Å²) < 4.78 is 26.1. The molecule has 1 aromatic rings. The predicted molar refractivity (Wildman–Crippen MR) is 89.6 cm³/mol. The van der Waals surface area contributed by atoms with E-state index in [2.05, 4.69) is 15.9 Å². The topological polar surface area (TPSA) is 54.5 Å². The summed E-state index contributed by atoms with van der Waals surface area (Å²) in [5.74, 6) is -0.0809. The van der Waals surface area contributed by atoms with Gasteiger partial charge in [-0.2, -0.15) is 0 Å². The van der Waals surface area contributed by atoms with Gasteiger partial charge in [-0.25, -0.2) is 8.42 Å². The predicted octanol–water partition coefficient (Wildman–Crippen LogP) is 3.02. The van der Waals surface area contributed by atoms with Crippen molar-refractivity contribution >= 4 is 31.7 Å². The average Bonchev–Trinajstić information content (AvgIpc) is 2.47. The second-order valence-electron chi connectivity index (χ2n) is 6.19. The fourth-order valence-corrected chi connectivity index (χ4v) is 5.83. The highest BCUT2D eigenvalue weighted by Crippen LogP contribution is 2.30. The number of benzene rings is 1. The summed E-state index contributed by atoms with van der Waals surface area (Å²) >= 11 is 3.34. The number of carbonyl (C=O) groups is 1. The number of nitrogens with zero attached hydrogens (tertiary/aromatic N) is 1. The molecule has 120 valence electrons. The highest BCUT2D eigenvalue weighted by Gasteiger charge is 2.43. The Labute approximate surface area is 139 Å². The molecular weight excluding hydrogens is 366 g/mol. The van der Waals surface area contributed by atoms with E-state index in [9.17, 15) is 13.2 Å². The Bertz CT molecular complexity index is 644. The van der Waals surface area contributed by atoms with Crippen LogP contribution in [-0.2, 0) is 9.84 Å². The summed E-state index contributed by atoms with van der Waals surface area (Å²) in [5.41, 5.74) is 0.608. The van der Waals surface area contributed by atoms with Gasteiger partial charge in [-0.05, 0) is 37.1 Å². The summed E-state index contributed by atoms with van der Waals surface area (Å²) in [6.45, 7) is 0.682. The van der Waals surface area contributed by atoms with E-state index < -0.39 is 9.84 Å². The van der Waals surface area contributed by atoms with Gasteiger partial charge in [-0.3, -0.25) is 4.79 Å².